The molecule has 0 atom stereocenters. The lowest BCUT2D eigenvalue weighted by Gasteiger charge is -2.17. The molecule has 2 nitrogen and oxygen atoms in total. The summed E-state index contributed by atoms with van der Waals surface area (Å²) in [6, 6.07) is 7.83. The van der Waals surface area contributed by atoms with Crippen LogP contribution in [-0.4, -0.2) is 12.7 Å². The van der Waals surface area contributed by atoms with Crippen LogP contribution in [0.5, 0.6) is 5.75 Å². The van der Waals surface area contributed by atoms with Gasteiger partial charge in [-0.1, -0.05) is 12.1 Å². The average Bonchev–Trinajstić information content (AvgIpc) is 2.17. The number of benzene rings is 1. The second kappa shape index (κ2) is 4.87. The summed E-state index contributed by atoms with van der Waals surface area (Å²) < 4.78 is 10.6. The zero-order valence-electron chi connectivity index (χ0n) is 9.78. The van der Waals surface area contributed by atoms with E-state index in [4.69, 9.17) is 9.47 Å². The summed E-state index contributed by atoms with van der Waals surface area (Å²) in [4.78, 5) is 0. The first kappa shape index (κ1) is 11.6. The molecule has 0 aromatic heterocycles. The van der Waals surface area contributed by atoms with E-state index in [1.807, 2.05) is 51.1 Å². The Morgan fingerprint density at radius 3 is 2.13 bits per heavy atom. The minimum atomic E-state index is -0.136. The molecule has 0 aliphatic rings. The van der Waals surface area contributed by atoms with Crippen molar-refractivity contribution in [3.8, 4) is 5.75 Å². The van der Waals surface area contributed by atoms with Crippen LogP contribution in [0.2, 0.25) is 0 Å². The highest BCUT2D eigenvalue weighted by atomic mass is 16.5. The average molecular weight is 206 g/mol. The quantitative estimate of drug-likeness (QED) is 0.705. The fraction of sp³-hybridized carbons (Fsp3) is 0.385. The van der Waals surface area contributed by atoms with Gasteiger partial charge in [0.1, 0.15) is 5.75 Å². The largest absolute Gasteiger partial charge is 0.497 e. The summed E-state index contributed by atoms with van der Waals surface area (Å²) in [6.07, 6.45) is 3.66. The topological polar surface area (TPSA) is 18.5 Å². The number of hydrogen-bond acceptors (Lipinski definition) is 2. The summed E-state index contributed by atoms with van der Waals surface area (Å²) in [6.45, 7) is 6.06. The van der Waals surface area contributed by atoms with Gasteiger partial charge >= 0.3 is 0 Å². The van der Waals surface area contributed by atoms with E-state index in [0.717, 1.165) is 11.3 Å². The molecule has 0 saturated heterocycles. The van der Waals surface area contributed by atoms with Gasteiger partial charge in [0.25, 0.3) is 0 Å². The number of rotatable bonds is 3. The van der Waals surface area contributed by atoms with Gasteiger partial charge < -0.3 is 9.47 Å². The Morgan fingerprint density at radius 1 is 1.07 bits per heavy atom. The van der Waals surface area contributed by atoms with Crippen LogP contribution < -0.4 is 4.74 Å². The van der Waals surface area contributed by atoms with Gasteiger partial charge in [0.05, 0.1) is 19.0 Å². The summed E-state index contributed by atoms with van der Waals surface area (Å²) in [5.41, 5.74) is 0.961. The molecule has 1 rings (SSSR count). The van der Waals surface area contributed by atoms with E-state index in [1.54, 1.807) is 13.4 Å². The summed E-state index contributed by atoms with van der Waals surface area (Å²) in [5, 5.41) is 0. The first-order valence-electron chi connectivity index (χ1n) is 5.00. The minimum absolute atomic E-state index is 0.136. The lowest BCUT2D eigenvalue weighted by Crippen LogP contribution is -2.15. The molecular weight excluding hydrogens is 188 g/mol. The maximum Gasteiger partial charge on any atom is 0.118 e. The van der Waals surface area contributed by atoms with Crippen molar-refractivity contribution in [1.29, 1.82) is 0 Å². The molecule has 15 heavy (non-hydrogen) atoms. The van der Waals surface area contributed by atoms with E-state index in [1.165, 1.54) is 0 Å². The van der Waals surface area contributed by atoms with Gasteiger partial charge in [-0.05, 0) is 44.5 Å². The van der Waals surface area contributed by atoms with Gasteiger partial charge in [0.15, 0.2) is 0 Å². The highest BCUT2D eigenvalue weighted by molar-refractivity contribution is 5.49. The molecule has 0 unspecified atom stereocenters. The predicted octanol–water partition coefficient (Wildman–Crippen LogP) is 3.48. The molecule has 0 fully saturated rings. The van der Waals surface area contributed by atoms with E-state index in [0.29, 0.717) is 0 Å². The molecule has 0 aliphatic carbocycles. The fourth-order valence-electron chi connectivity index (χ4n) is 1.03. The zero-order chi connectivity index (χ0) is 11.3. The lowest BCUT2D eigenvalue weighted by atomic mass is 10.2. The SMILES string of the molecule is COc1ccc(/C=C\OC(C)(C)C)cc1. The van der Waals surface area contributed by atoms with Gasteiger partial charge in [-0.25, -0.2) is 0 Å². The third-order valence-electron chi connectivity index (χ3n) is 1.80. The highest BCUT2D eigenvalue weighted by Gasteiger charge is 2.06. The normalized spacial score (nSPS) is 11.7. The Bertz CT molecular complexity index is 317. The summed E-state index contributed by atoms with van der Waals surface area (Å²) >= 11 is 0. The van der Waals surface area contributed by atoms with Gasteiger partial charge in [-0.3, -0.25) is 0 Å². The Labute approximate surface area is 91.5 Å². The first-order chi connectivity index (χ1) is 7.01. The van der Waals surface area contributed by atoms with Gasteiger partial charge in [-0.15, -0.1) is 0 Å². The van der Waals surface area contributed by atoms with Gasteiger partial charge in [-0.2, -0.15) is 0 Å². The first-order valence-corrected chi connectivity index (χ1v) is 5.00. The van der Waals surface area contributed by atoms with Crippen molar-refractivity contribution < 1.29 is 9.47 Å². The van der Waals surface area contributed by atoms with Gasteiger partial charge in [0, 0.05) is 0 Å². The molecule has 82 valence electrons. The Kier molecular flexibility index (Phi) is 3.78. The molecule has 1 aromatic carbocycles. The molecule has 0 spiro atoms. The number of hydrogen-bond donors (Lipinski definition) is 0. The van der Waals surface area contributed by atoms with Crippen molar-refractivity contribution in [3.05, 3.63) is 36.1 Å². The summed E-state index contributed by atoms with van der Waals surface area (Å²) in [7, 11) is 1.66. The van der Waals surface area contributed by atoms with Crippen LogP contribution in [0, 0.1) is 0 Å². The van der Waals surface area contributed by atoms with E-state index >= 15 is 0 Å². The van der Waals surface area contributed by atoms with Crippen LogP contribution in [0.1, 0.15) is 26.3 Å². The third kappa shape index (κ3) is 4.54. The van der Waals surface area contributed by atoms with Crippen LogP contribution in [0.15, 0.2) is 30.5 Å². The summed E-state index contributed by atoms with van der Waals surface area (Å²) in [5.74, 6) is 0.865. The molecule has 0 radical (unpaired) electrons. The molecule has 0 bridgehead atoms. The highest BCUT2D eigenvalue weighted by Crippen LogP contribution is 2.13. The van der Waals surface area contributed by atoms with Crippen LogP contribution in [0.25, 0.3) is 6.08 Å². The van der Waals surface area contributed by atoms with Crippen LogP contribution >= 0.6 is 0 Å². The molecule has 0 N–H and O–H groups in total. The van der Waals surface area contributed by atoms with Crippen LogP contribution in [-0.2, 0) is 4.74 Å². The number of ether oxygens (including phenoxy) is 2. The zero-order valence-corrected chi connectivity index (χ0v) is 9.78. The van der Waals surface area contributed by atoms with Crippen LogP contribution in [0.3, 0.4) is 0 Å². The monoisotopic (exact) mass is 206 g/mol. The van der Waals surface area contributed by atoms with E-state index in [9.17, 15) is 0 Å². The third-order valence-corrected chi connectivity index (χ3v) is 1.80. The van der Waals surface area contributed by atoms with E-state index in [2.05, 4.69) is 0 Å². The molecule has 0 saturated carbocycles. The predicted molar refractivity (Wildman–Crippen MR) is 62.9 cm³/mol. The van der Waals surface area contributed by atoms with Crippen molar-refractivity contribution in [3.63, 3.8) is 0 Å². The second-order valence-corrected chi connectivity index (χ2v) is 4.31. The molecular formula is C13H18O2. The second-order valence-electron chi connectivity index (χ2n) is 4.31. The maximum atomic E-state index is 5.48. The van der Waals surface area contributed by atoms with Crippen molar-refractivity contribution >= 4 is 6.08 Å². The van der Waals surface area contributed by atoms with E-state index < -0.39 is 0 Å². The Balaban J connectivity index is 2.57. The molecule has 0 heterocycles. The van der Waals surface area contributed by atoms with E-state index in [-0.39, 0.29) is 5.60 Å². The van der Waals surface area contributed by atoms with Gasteiger partial charge in [0.2, 0.25) is 0 Å². The fourth-order valence-corrected chi connectivity index (χ4v) is 1.03. The van der Waals surface area contributed by atoms with Crippen LogP contribution in [0.4, 0.5) is 0 Å². The molecule has 0 amide bonds. The minimum Gasteiger partial charge on any atom is -0.497 e. The molecule has 2 heteroatoms. The van der Waals surface area contributed by atoms with Crippen molar-refractivity contribution in [2.24, 2.45) is 0 Å². The standard InChI is InChI=1S/C13H18O2/c1-13(2,3)15-10-9-11-5-7-12(14-4)8-6-11/h5-10H,1-4H3/b10-9-. The number of methoxy groups -OCH3 is 1. The maximum absolute atomic E-state index is 5.48. The Hall–Kier alpha value is -1.44. The van der Waals surface area contributed by atoms with Crippen molar-refractivity contribution in [2.75, 3.05) is 7.11 Å². The van der Waals surface area contributed by atoms with Crippen molar-refractivity contribution in [1.82, 2.24) is 0 Å². The molecule has 0 aliphatic heterocycles. The van der Waals surface area contributed by atoms with Crippen molar-refractivity contribution in [2.45, 2.75) is 26.4 Å². The smallest absolute Gasteiger partial charge is 0.118 e. The lowest BCUT2D eigenvalue weighted by molar-refractivity contribution is 0.0783. The molecule has 1 aromatic rings. The Morgan fingerprint density at radius 2 is 1.67 bits per heavy atom.